The van der Waals surface area contributed by atoms with Gasteiger partial charge in [-0.1, -0.05) is 20.8 Å². The van der Waals surface area contributed by atoms with Crippen LogP contribution in [0, 0.1) is 46.3 Å². The summed E-state index contributed by atoms with van der Waals surface area (Å²) in [6.07, 6.45) is 14.7. The maximum atomic E-state index is 12.8. The van der Waals surface area contributed by atoms with Gasteiger partial charge >= 0.3 is 5.97 Å². The Kier molecular flexibility index (Phi) is 6.93. The summed E-state index contributed by atoms with van der Waals surface area (Å²) in [5.74, 6) is 3.76. The van der Waals surface area contributed by atoms with Crippen LogP contribution in [0.3, 0.4) is 0 Å². The first-order valence-corrected chi connectivity index (χ1v) is 16.8. The van der Waals surface area contributed by atoms with E-state index >= 15 is 0 Å². The Morgan fingerprint density at radius 3 is 2.49 bits per heavy atom. The molecule has 1 spiro atoms. The normalized spacial score (nSPS) is 46.8. The zero-order chi connectivity index (χ0) is 28.6. The molecule has 4 aliphatic carbocycles. The Labute approximate surface area is 246 Å². The number of benzene rings is 1. The van der Waals surface area contributed by atoms with Crippen LogP contribution in [0.1, 0.15) is 103 Å². The second kappa shape index (κ2) is 10.1. The molecular weight excluding hydrogens is 512 g/mol. The average Bonchev–Trinajstić information content (AvgIpc) is 3.37. The molecule has 0 aromatic heterocycles. The number of nitrogens with two attached hydrogens (primary N) is 2. The lowest BCUT2D eigenvalue weighted by atomic mass is 9.44. The van der Waals surface area contributed by atoms with Crippen molar-refractivity contribution in [2.24, 2.45) is 46.3 Å². The first-order valence-electron chi connectivity index (χ1n) is 16.8. The van der Waals surface area contributed by atoms with Gasteiger partial charge in [-0.3, -0.25) is 4.79 Å². The number of anilines is 2. The van der Waals surface area contributed by atoms with Gasteiger partial charge in [-0.05, 0) is 135 Å². The highest BCUT2D eigenvalue weighted by Gasteiger charge is 2.69. The Hall–Kier alpha value is -1.79. The molecule has 11 unspecified atom stereocenters. The van der Waals surface area contributed by atoms with Crippen LogP contribution in [-0.2, 0) is 25.4 Å². The van der Waals surface area contributed by atoms with Gasteiger partial charge in [0.25, 0.3) is 0 Å². The first-order chi connectivity index (χ1) is 19.6. The minimum Gasteiger partial charge on any atom is -0.462 e. The molecular formula is C35H52N2O4. The molecule has 0 bridgehead atoms. The number of hydrogen-bond donors (Lipinski definition) is 2. The third kappa shape index (κ3) is 4.53. The fourth-order valence-corrected chi connectivity index (χ4v) is 11.6. The molecule has 0 amide bonds. The SMILES string of the molecule is CC1C2C(CC3C4CCC5CC(OC(=O)CCc6cc(N)cc(N)c6)CCC5(C)C4CCC32C)OC12CCCCO2. The summed E-state index contributed by atoms with van der Waals surface area (Å²) in [4.78, 5) is 12.8. The lowest BCUT2D eigenvalue weighted by molar-refractivity contribution is -0.265. The van der Waals surface area contributed by atoms with Crippen LogP contribution in [0.2, 0.25) is 0 Å². The molecule has 2 heterocycles. The Balaban J connectivity index is 0.983. The van der Waals surface area contributed by atoms with Crippen LogP contribution in [0.5, 0.6) is 0 Å². The van der Waals surface area contributed by atoms with Gasteiger partial charge in [-0.2, -0.15) is 0 Å². The number of nitrogen functional groups attached to an aromatic ring is 2. The molecule has 6 nitrogen and oxygen atoms in total. The third-order valence-corrected chi connectivity index (χ3v) is 13.5. The maximum absolute atomic E-state index is 12.8. The molecule has 1 aromatic rings. The van der Waals surface area contributed by atoms with Crippen molar-refractivity contribution in [3.8, 4) is 0 Å². The lowest BCUT2D eigenvalue weighted by Gasteiger charge is -2.61. The molecule has 6 heteroatoms. The highest BCUT2D eigenvalue weighted by molar-refractivity contribution is 5.70. The highest BCUT2D eigenvalue weighted by atomic mass is 16.7. The largest absolute Gasteiger partial charge is 0.462 e. The summed E-state index contributed by atoms with van der Waals surface area (Å²) >= 11 is 0. The topological polar surface area (TPSA) is 96.8 Å². The Morgan fingerprint density at radius 2 is 1.73 bits per heavy atom. The molecule has 4 saturated carbocycles. The average molecular weight is 565 g/mol. The fourth-order valence-electron chi connectivity index (χ4n) is 11.6. The van der Waals surface area contributed by atoms with E-state index in [9.17, 15) is 4.79 Å². The van der Waals surface area contributed by atoms with Crippen LogP contribution in [0.4, 0.5) is 11.4 Å². The van der Waals surface area contributed by atoms with E-state index in [2.05, 4.69) is 20.8 Å². The van der Waals surface area contributed by atoms with Crippen LogP contribution in [0.15, 0.2) is 18.2 Å². The van der Waals surface area contributed by atoms with Crippen molar-refractivity contribution in [1.29, 1.82) is 0 Å². The predicted octanol–water partition coefficient (Wildman–Crippen LogP) is 6.90. The van der Waals surface area contributed by atoms with E-state index in [1.807, 2.05) is 12.1 Å². The van der Waals surface area contributed by atoms with Gasteiger partial charge in [0, 0.05) is 30.1 Å². The smallest absolute Gasteiger partial charge is 0.306 e. The summed E-state index contributed by atoms with van der Waals surface area (Å²) in [7, 11) is 0. The van der Waals surface area contributed by atoms with Crippen molar-refractivity contribution in [2.75, 3.05) is 18.1 Å². The van der Waals surface area contributed by atoms with Gasteiger partial charge in [-0.15, -0.1) is 0 Å². The minimum absolute atomic E-state index is 0.0589. The Bertz CT molecular complexity index is 1140. The zero-order valence-corrected chi connectivity index (χ0v) is 25.5. The van der Waals surface area contributed by atoms with Crippen molar-refractivity contribution in [2.45, 2.75) is 122 Å². The number of fused-ring (bicyclic) bond motifs is 7. The molecule has 41 heavy (non-hydrogen) atoms. The summed E-state index contributed by atoms with van der Waals surface area (Å²) < 4.78 is 19.4. The summed E-state index contributed by atoms with van der Waals surface area (Å²) in [6.45, 7) is 8.53. The van der Waals surface area contributed by atoms with E-state index in [-0.39, 0.29) is 17.9 Å². The van der Waals surface area contributed by atoms with Crippen molar-refractivity contribution in [3.63, 3.8) is 0 Å². The number of hydrogen-bond acceptors (Lipinski definition) is 6. The highest BCUT2D eigenvalue weighted by Crippen LogP contribution is 2.71. The first kappa shape index (κ1) is 28.0. The molecule has 7 rings (SSSR count). The lowest BCUT2D eigenvalue weighted by Crippen LogP contribution is -2.55. The maximum Gasteiger partial charge on any atom is 0.306 e. The monoisotopic (exact) mass is 564 g/mol. The van der Waals surface area contributed by atoms with Crippen molar-refractivity contribution >= 4 is 17.3 Å². The fraction of sp³-hybridized carbons (Fsp3) is 0.800. The number of carbonyl (C=O) groups excluding carboxylic acids is 1. The number of rotatable bonds is 4. The summed E-state index contributed by atoms with van der Waals surface area (Å²) in [5.41, 5.74) is 14.9. The van der Waals surface area contributed by atoms with Gasteiger partial charge in [-0.25, -0.2) is 0 Å². The van der Waals surface area contributed by atoms with Crippen molar-refractivity contribution in [1.82, 2.24) is 0 Å². The summed E-state index contributed by atoms with van der Waals surface area (Å²) in [6, 6.07) is 5.54. The molecule has 4 N–H and O–H groups in total. The van der Waals surface area contributed by atoms with Crippen LogP contribution in [-0.4, -0.2) is 30.6 Å². The van der Waals surface area contributed by atoms with Gasteiger partial charge < -0.3 is 25.7 Å². The van der Waals surface area contributed by atoms with Gasteiger partial charge in [0.2, 0.25) is 0 Å². The van der Waals surface area contributed by atoms with Crippen molar-refractivity contribution in [3.05, 3.63) is 23.8 Å². The number of ether oxygens (including phenoxy) is 3. The zero-order valence-electron chi connectivity index (χ0n) is 25.5. The molecule has 2 saturated heterocycles. The Morgan fingerprint density at radius 1 is 0.951 bits per heavy atom. The molecule has 226 valence electrons. The van der Waals surface area contributed by atoms with Gasteiger partial charge in [0.15, 0.2) is 5.79 Å². The predicted molar refractivity (Wildman–Crippen MR) is 161 cm³/mol. The number of carbonyl (C=O) groups is 1. The molecule has 6 fully saturated rings. The second-order valence-electron chi connectivity index (χ2n) is 15.4. The number of esters is 1. The van der Waals surface area contributed by atoms with E-state index < -0.39 is 0 Å². The van der Waals surface area contributed by atoms with Gasteiger partial charge in [0.1, 0.15) is 6.10 Å². The molecule has 0 radical (unpaired) electrons. The van der Waals surface area contributed by atoms with Gasteiger partial charge in [0.05, 0.1) is 12.7 Å². The molecule has 2 aliphatic heterocycles. The minimum atomic E-state index is -0.306. The summed E-state index contributed by atoms with van der Waals surface area (Å²) in [5, 5.41) is 0. The van der Waals surface area contributed by atoms with Crippen LogP contribution < -0.4 is 11.5 Å². The van der Waals surface area contributed by atoms with Crippen LogP contribution >= 0.6 is 0 Å². The van der Waals surface area contributed by atoms with Crippen molar-refractivity contribution < 1.29 is 19.0 Å². The molecule has 1 aromatic carbocycles. The van der Waals surface area contributed by atoms with E-state index in [0.29, 0.717) is 58.9 Å². The third-order valence-electron chi connectivity index (χ3n) is 13.5. The molecule has 11 atom stereocenters. The van der Waals surface area contributed by atoms with E-state index in [4.69, 9.17) is 25.7 Å². The van der Waals surface area contributed by atoms with E-state index in [1.165, 1.54) is 51.4 Å². The van der Waals surface area contributed by atoms with Crippen LogP contribution in [0.25, 0.3) is 0 Å². The standard InChI is InChI=1S/C35H52N2O4/c1-21-32-30(41-35(21)12-4-5-15-39-35)20-29-27-8-7-23-18-26(10-13-33(23,2)28(27)11-14-34(29,32)3)40-31(38)9-6-22-16-24(36)19-25(37)17-22/h16-17,19,21,23,26-30,32H,4-15,18,20,36-37H2,1-3H3. The quantitative estimate of drug-likeness (QED) is 0.305. The van der Waals surface area contributed by atoms with E-state index in [1.54, 1.807) is 6.07 Å². The number of aryl methyl sites for hydroxylation is 1. The van der Waals surface area contributed by atoms with E-state index in [0.717, 1.165) is 49.2 Å². The second-order valence-corrected chi connectivity index (χ2v) is 15.4. The molecule has 6 aliphatic rings.